The van der Waals surface area contributed by atoms with E-state index in [1.54, 1.807) is 18.4 Å². The van der Waals surface area contributed by atoms with Crippen molar-refractivity contribution in [2.24, 2.45) is 5.92 Å². The van der Waals surface area contributed by atoms with Crippen LogP contribution >= 0.6 is 11.3 Å². The van der Waals surface area contributed by atoms with E-state index in [2.05, 4.69) is 26.1 Å². The summed E-state index contributed by atoms with van der Waals surface area (Å²) >= 11 is 1.73. The number of methoxy groups -OCH3 is 1. The Morgan fingerprint density at radius 3 is 2.96 bits per heavy atom. The first-order valence-electron chi connectivity index (χ1n) is 8.97. The molecule has 24 heavy (non-hydrogen) atoms. The fraction of sp³-hybridized carbons (Fsp3) is 0.667. The smallest absolute Gasteiger partial charge is 0.107 e. The third-order valence-electron chi connectivity index (χ3n) is 5.26. The maximum atomic E-state index is 5.48. The minimum absolute atomic E-state index is 0.364. The molecule has 4 rings (SSSR count). The summed E-state index contributed by atoms with van der Waals surface area (Å²) in [6, 6.07) is 0. The number of aromatic nitrogens is 3. The second-order valence-corrected chi connectivity index (χ2v) is 8.14. The van der Waals surface area contributed by atoms with E-state index < -0.39 is 0 Å². The number of hydrogen-bond donors (Lipinski definition) is 0. The third-order valence-corrected chi connectivity index (χ3v) is 6.02. The van der Waals surface area contributed by atoms with Gasteiger partial charge in [0.2, 0.25) is 0 Å². The minimum Gasteiger partial charge on any atom is -0.384 e. The summed E-state index contributed by atoms with van der Waals surface area (Å²) in [6.45, 7) is 4.72. The summed E-state index contributed by atoms with van der Waals surface area (Å²) in [6.07, 6.45) is 9.68. The highest BCUT2D eigenvalue weighted by Gasteiger charge is 2.29. The van der Waals surface area contributed by atoms with Crippen LogP contribution in [-0.2, 0) is 24.4 Å². The van der Waals surface area contributed by atoms with Gasteiger partial charge in [0.15, 0.2) is 0 Å². The van der Waals surface area contributed by atoms with Crippen LogP contribution in [0.5, 0.6) is 0 Å². The van der Waals surface area contributed by atoms with Crippen LogP contribution in [0, 0.1) is 5.92 Å². The topological polar surface area (TPSA) is 43.2 Å². The normalized spacial score (nSPS) is 22.1. The van der Waals surface area contributed by atoms with Gasteiger partial charge in [-0.05, 0) is 18.8 Å². The highest BCUT2D eigenvalue weighted by atomic mass is 32.1. The van der Waals surface area contributed by atoms with Gasteiger partial charge in [-0.3, -0.25) is 9.58 Å². The molecular weight excluding hydrogens is 320 g/mol. The van der Waals surface area contributed by atoms with Crippen LogP contribution in [0.15, 0.2) is 17.8 Å². The molecule has 3 heterocycles. The SMILES string of the molecule is COC[C@H]1CN(Cc2nccs2)Cc2cn(CC3CCCC3)nc21. The second kappa shape index (κ2) is 7.33. The molecule has 2 aromatic heterocycles. The Labute approximate surface area is 147 Å². The number of rotatable bonds is 6. The molecule has 5 nitrogen and oxygen atoms in total. The van der Waals surface area contributed by atoms with Gasteiger partial charge in [-0.2, -0.15) is 5.10 Å². The van der Waals surface area contributed by atoms with Gasteiger partial charge in [-0.25, -0.2) is 4.98 Å². The zero-order valence-corrected chi connectivity index (χ0v) is 15.2. The van der Waals surface area contributed by atoms with E-state index in [1.165, 1.54) is 41.9 Å². The molecule has 0 radical (unpaired) electrons. The summed E-state index contributed by atoms with van der Waals surface area (Å²) in [5.74, 6) is 1.18. The largest absolute Gasteiger partial charge is 0.384 e. The fourth-order valence-electron chi connectivity index (χ4n) is 4.17. The Balaban J connectivity index is 1.50. The molecule has 0 N–H and O–H groups in total. The van der Waals surface area contributed by atoms with Crippen molar-refractivity contribution in [2.45, 2.75) is 51.2 Å². The van der Waals surface area contributed by atoms with Gasteiger partial charge in [-0.1, -0.05) is 12.8 Å². The van der Waals surface area contributed by atoms with E-state index >= 15 is 0 Å². The highest BCUT2D eigenvalue weighted by molar-refractivity contribution is 7.09. The number of hydrogen-bond acceptors (Lipinski definition) is 5. The van der Waals surface area contributed by atoms with E-state index in [9.17, 15) is 0 Å². The zero-order chi connectivity index (χ0) is 16.4. The number of fused-ring (bicyclic) bond motifs is 1. The summed E-state index contributed by atoms with van der Waals surface area (Å²) in [4.78, 5) is 6.91. The quantitative estimate of drug-likeness (QED) is 0.805. The molecule has 0 aromatic carbocycles. The molecule has 1 atom stereocenters. The lowest BCUT2D eigenvalue weighted by atomic mass is 9.97. The van der Waals surface area contributed by atoms with Crippen LogP contribution in [0.3, 0.4) is 0 Å². The van der Waals surface area contributed by atoms with Gasteiger partial charge < -0.3 is 4.74 Å². The second-order valence-electron chi connectivity index (χ2n) is 7.16. The standard InChI is InChI=1S/C18H26N4OS/c1-23-13-16-10-21(12-17-19-6-7-24-17)9-15-11-22(20-18(15)16)8-14-4-2-3-5-14/h6-7,11,14,16H,2-5,8-10,12-13H2,1H3/t16-/m1/s1. The van der Waals surface area contributed by atoms with Crippen molar-refractivity contribution in [3.05, 3.63) is 34.0 Å². The van der Waals surface area contributed by atoms with E-state index in [-0.39, 0.29) is 0 Å². The number of thiazole rings is 1. The molecular formula is C18H26N4OS. The van der Waals surface area contributed by atoms with Crippen LogP contribution in [0.25, 0.3) is 0 Å². The predicted octanol–water partition coefficient (Wildman–Crippen LogP) is 3.28. The summed E-state index contributed by atoms with van der Waals surface area (Å²) in [7, 11) is 1.79. The fourth-order valence-corrected chi connectivity index (χ4v) is 4.83. The number of ether oxygens (including phenoxy) is 1. The maximum absolute atomic E-state index is 5.48. The average Bonchev–Trinajstić information content (AvgIpc) is 3.29. The van der Waals surface area contributed by atoms with Gasteiger partial charge in [-0.15, -0.1) is 11.3 Å². The first-order valence-corrected chi connectivity index (χ1v) is 9.85. The molecule has 2 aromatic rings. The Bertz CT molecular complexity index is 648. The van der Waals surface area contributed by atoms with Crippen molar-refractivity contribution in [1.82, 2.24) is 19.7 Å². The van der Waals surface area contributed by atoms with Crippen molar-refractivity contribution in [3.8, 4) is 0 Å². The Morgan fingerprint density at radius 1 is 1.33 bits per heavy atom. The molecule has 0 unspecified atom stereocenters. The Hall–Kier alpha value is -1.24. The summed E-state index contributed by atoms with van der Waals surface area (Å²) < 4.78 is 7.68. The van der Waals surface area contributed by atoms with Crippen molar-refractivity contribution < 1.29 is 4.74 Å². The molecule has 130 valence electrons. The molecule has 1 fully saturated rings. The molecule has 0 bridgehead atoms. The van der Waals surface area contributed by atoms with Crippen LogP contribution in [0.4, 0.5) is 0 Å². The molecule has 1 aliphatic carbocycles. The van der Waals surface area contributed by atoms with E-state index in [0.29, 0.717) is 5.92 Å². The molecule has 0 spiro atoms. The predicted molar refractivity (Wildman–Crippen MR) is 95.0 cm³/mol. The van der Waals surface area contributed by atoms with Crippen LogP contribution in [0.1, 0.15) is 47.9 Å². The zero-order valence-electron chi connectivity index (χ0n) is 14.4. The van der Waals surface area contributed by atoms with Gasteiger partial charge in [0.1, 0.15) is 5.01 Å². The van der Waals surface area contributed by atoms with E-state index in [4.69, 9.17) is 9.84 Å². The first kappa shape index (κ1) is 16.2. The molecule has 1 saturated carbocycles. The lowest BCUT2D eigenvalue weighted by Gasteiger charge is -2.30. The van der Waals surface area contributed by atoms with Crippen LogP contribution < -0.4 is 0 Å². The Kier molecular flexibility index (Phi) is 4.96. The molecule has 2 aliphatic rings. The Morgan fingerprint density at radius 2 is 2.21 bits per heavy atom. The van der Waals surface area contributed by atoms with Crippen LogP contribution in [0.2, 0.25) is 0 Å². The van der Waals surface area contributed by atoms with E-state index in [1.807, 2.05) is 6.20 Å². The monoisotopic (exact) mass is 346 g/mol. The average molecular weight is 347 g/mol. The summed E-state index contributed by atoms with van der Waals surface area (Å²) in [5, 5.41) is 8.18. The van der Waals surface area contributed by atoms with Crippen LogP contribution in [-0.4, -0.2) is 39.9 Å². The molecule has 1 aliphatic heterocycles. The number of nitrogens with zero attached hydrogens (tertiary/aromatic N) is 4. The van der Waals surface area contributed by atoms with Crippen molar-refractivity contribution >= 4 is 11.3 Å². The molecule has 6 heteroatoms. The van der Waals surface area contributed by atoms with Gasteiger partial charge >= 0.3 is 0 Å². The van der Waals surface area contributed by atoms with Crippen molar-refractivity contribution in [2.75, 3.05) is 20.3 Å². The van der Waals surface area contributed by atoms with Crippen molar-refractivity contribution in [1.29, 1.82) is 0 Å². The van der Waals surface area contributed by atoms with E-state index in [0.717, 1.165) is 38.7 Å². The maximum Gasteiger partial charge on any atom is 0.107 e. The minimum atomic E-state index is 0.364. The highest BCUT2D eigenvalue weighted by Crippen LogP contribution is 2.30. The lowest BCUT2D eigenvalue weighted by Crippen LogP contribution is -2.34. The lowest BCUT2D eigenvalue weighted by molar-refractivity contribution is 0.134. The van der Waals surface area contributed by atoms with Gasteiger partial charge in [0, 0.05) is 56.0 Å². The molecule has 0 amide bonds. The summed E-state index contributed by atoms with van der Waals surface area (Å²) in [5.41, 5.74) is 2.63. The van der Waals surface area contributed by atoms with Gasteiger partial charge in [0.05, 0.1) is 18.8 Å². The van der Waals surface area contributed by atoms with Crippen molar-refractivity contribution in [3.63, 3.8) is 0 Å². The van der Waals surface area contributed by atoms with Gasteiger partial charge in [0.25, 0.3) is 0 Å². The first-order chi connectivity index (χ1) is 11.8. The molecule has 0 saturated heterocycles. The third kappa shape index (κ3) is 3.55.